The quantitative estimate of drug-likeness (QED) is 0.680. The average Bonchev–Trinajstić information content (AvgIpc) is 2.73. The lowest BCUT2D eigenvalue weighted by Gasteiger charge is -2.02. The SMILES string of the molecule is NCC#Cc1ccc(-n2cn[nH]c2=O)c(F)c1. The van der Waals surface area contributed by atoms with Gasteiger partial charge in [0.15, 0.2) is 0 Å². The molecule has 0 spiro atoms. The number of aromatic amines is 1. The van der Waals surface area contributed by atoms with Gasteiger partial charge in [-0.25, -0.2) is 18.9 Å². The fourth-order valence-electron chi connectivity index (χ4n) is 1.35. The Balaban J connectivity index is 2.46. The number of aromatic nitrogens is 3. The summed E-state index contributed by atoms with van der Waals surface area (Å²) in [6.07, 6.45) is 1.21. The molecule has 5 nitrogen and oxygen atoms in total. The molecular formula is C11H9FN4O. The standard InChI is InChI=1S/C11H9FN4O/c12-9-6-8(2-1-5-13)3-4-10(9)16-7-14-15-11(16)17/h3-4,6-7H,5,13H2,(H,15,17). The number of H-pyrrole nitrogens is 1. The van der Waals surface area contributed by atoms with Crippen LogP contribution in [0.5, 0.6) is 0 Å². The van der Waals surface area contributed by atoms with E-state index >= 15 is 0 Å². The molecule has 3 N–H and O–H groups in total. The largest absolute Gasteiger partial charge is 0.347 e. The van der Waals surface area contributed by atoms with E-state index in [-0.39, 0.29) is 12.2 Å². The minimum absolute atomic E-state index is 0.127. The summed E-state index contributed by atoms with van der Waals surface area (Å²) in [4.78, 5) is 11.3. The summed E-state index contributed by atoms with van der Waals surface area (Å²) in [7, 11) is 0. The van der Waals surface area contributed by atoms with Gasteiger partial charge in [0.2, 0.25) is 0 Å². The summed E-state index contributed by atoms with van der Waals surface area (Å²) in [6.45, 7) is 0.213. The molecule has 86 valence electrons. The molecular weight excluding hydrogens is 223 g/mol. The first-order valence-electron chi connectivity index (χ1n) is 4.83. The molecule has 0 aliphatic rings. The van der Waals surface area contributed by atoms with Crippen LogP contribution in [0.4, 0.5) is 4.39 Å². The Morgan fingerprint density at radius 3 is 2.94 bits per heavy atom. The first-order chi connectivity index (χ1) is 8.22. The summed E-state index contributed by atoms with van der Waals surface area (Å²) < 4.78 is 14.8. The molecule has 0 bridgehead atoms. The highest BCUT2D eigenvalue weighted by atomic mass is 19.1. The van der Waals surface area contributed by atoms with Gasteiger partial charge in [-0.1, -0.05) is 11.8 Å². The molecule has 0 unspecified atom stereocenters. The van der Waals surface area contributed by atoms with E-state index in [2.05, 4.69) is 22.0 Å². The van der Waals surface area contributed by atoms with Crippen molar-refractivity contribution in [3.63, 3.8) is 0 Å². The van der Waals surface area contributed by atoms with Crippen molar-refractivity contribution in [1.82, 2.24) is 14.8 Å². The third-order valence-corrected chi connectivity index (χ3v) is 2.09. The normalized spacial score (nSPS) is 9.76. The smallest absolute Gasteiger partial charge is 0.320 e. The van der Waals surface area contributed by atoms with E-state index in [1.165, 1.54) is 18.5 Å². The summed E-state index contributed by atoms with van der Waals surface area (Å²) >= 11 is 0. The lowest BCUT2D eigenvalue weighted by atomic mass is 10.2. The molecule has 2 rings (SSSR count). The maximum Gasteiger partial charge on any atom is 0.347 e. The zero-order valence-electron chi connectivity index (χ0n) is 8.77. The van der Waals surface area contributed by atoms with Crippen molar-refractivity contribution in [3.8, 4) is 17.5 Å². The zero-order chi connectivity index (χ0) is 12.3. The molecule has 0 atom stereocenters. The van der Waals surface area contributed by atoms with E-state index in [0.717, 1.165) is 4.57 Å². The van der Waals surface area contributed by atoms with Crippen LogP contribution in [-0.2, 0) is 0 Å². The molecule has 0 radical (unpaired) electrons. The van der Waals surface area contributed by atoms with E-state index in [9.17, 15) is 9.18 Å². The maximum absolute atomic E-state index is 13.7. The lowest BCUT2D eigenvalue weighted by Crippen LogP contribution is -2.15. The van der Waals surface area contributed by atoms with E-state index in [1.807, 2.05) is 0 Å². The summed E-state index contributed by atoms with van der Waals surface area (Å²) in [5, 5.41) is 5.71. The van der Waals surface area contributed by atoms with Crippen LogP contribution in [0, 0.1) is 17.7 Å². The number of nitrogens with one attached hydrogen (secondary N) is 1. The Bertz CT molecular complexity index is 647. The molecule has 0 amide bonds. The Morgan fingerprint density at radius 1 is 1.53 bits per heavy atom. The molecule has 17 heavy (non-hydrogen) atoms. The predicted octanol–water partition coefficient (Wildman–Crippen LogP) is 0.00990. The van der Waals surface area contributed by atoms with Gasteiger partial charge in [0, 0.05) is 5.56 Å². The van der Waals surface area contributed by atoms with Crippen molar-refractivity contribution in [2.24, 2.45) is 5.73 Å². The fraction of sp³-hybridized carbons (Fsp3) is 0.0909. The Morgan fingerprint density at radius 2 is 2.35 bits per heavy atom. The van der Waals surface area contributed by atoms with Crippen LogP contribution in [0.2, 0.25) is 0 Å². The average molecular weight is 232 g/mol. The third-order valence-electron chi connectivity index (χ3n) is 2.09. The van der Waals surface area contributed by atoms with Crippen LogP contribution < -0.4 is 11.4 Å². The Hall–Kier alpha value is -2.39. The third kappa shape index (κ3) is 2.24. The second kappa shape index (κ2) is 4.63. The van der Waals surface area contributed by atoms with Gasteiger partial charge in [-0.2, -0.15) is 5.10 Å². The van der Waals surface area contributed by atoms with Crippen LogP contribution in [0.15, 0.2) is 29.3 Å². The minimum Gasteiger partial charge on any atom is -0.320 e. The number of halogens is 1. The fourth-order valence-corrected chi connectivity index (χ4v) is 1.35. The van der Waals surface area contributed by atoms with Crippen molar-refractivity contribution in [3.05, 3.63) is 46.4 Å². The molecule has 0 aliphatic heterocycles. The monoisotopic (exact) mass is 232 g/mol. The Labute approximate surface area is 96.1 Å². The number of hydrogen-bond donors (Lipinski definition) is 2. The topological polar surface area (TPSA) is 76.7 Å². The highest BCUT2D eigenvalue weighted by molar-refractivity contribution is 5.42. The first kappa shape index (κ1) is 11.1. The number of nitrogens with two attached hydrogens (primary N) is 1. The highest BCUT2D eigenvalue weighted by Crippen LogP contribution is 2.12. The van der Waals surface area contributed by atoms with E-state index in [4.69, 9.17) is 5.73 Å². The van der Waals surface area contributed by atoms with Crippen molar-refractivity contribution in [2.45, 2.75) is 0 Å². The second-order valence-corrected chi connectivity index (χ2v) is 3.20. The van der Waals surface area contributed by atoms with Crippen LogP contribution in [0.25, 0.3) is 5.69 Å². The van der Waals surface area contributed by atoms with E-state index < -0.39 is 11.5 Å². The van der Waals surface area contributed by atoms with Crippen molar-refractivity contribution in [2.75, 3.05) is 6.54 Å². The predicted molar refractivity (Wildman–Crippen MR) is 60.1 cm³/mol. The highest BCUT2D eigenvalue weighted by Gasteiger charge is 2.07. The number of benzene rings is 1. The molecule has 0 saturated carbocycles. The molecule has 1 aromatic heterocycles. The molecule has 0 aliphatic carbocycles. The molecule has 0 fully saturated rings. The van der Waals surface area contributed by atoms with Crippen LogP contribution in [0.3, 0.4) is 0 Å². The van der Waals surface area contributed by atoms with Gasteiger partial charge in [-0.15, -0.1) is 0 Å². The van der Waals surface area contributed by atoms with Gasteiger partial charge in [-0.05, 0) is 18.2 Å². The number of nitrogens with zero attached hydrogens (tertiary/aromatic N) is 2. The summed E-state index contributed by atoms with van der Waals surface area (Å²) in [5.41, 5.74) is 5.36. The lowest BCUT2D eigenvalue weighted by molar-refractivity contribution is 0.616. The van der Waals surface area contributed by atoms with Gasteiger partial charge in [0.1, 0.15) is 12.1 Å². The van der Waals surface area contributed by atoms with Crippen LogP contribution in [-0.4, -0.2) is 21.3 Å². The summed E-state index contributed by atoms with van der Waals surface area (Å²) in [6, 6.07) is 4.32. The second-order valence-electron chi connectivity index (χ2n) is 3.20. The minimum atomic E-state index is -0.544. The number of hydrogen-bond acceptors (Lipinski definition) is 3. The maximum atomic E-state index is 13.7. The van der Waals surface area contributed by atoms with Crippen molar-refractivity contribution >= 4 is 0 Å². The van der Waals surface area contributed by atoms with Crippen LogP contribution in [0.1, 0.15) is 5.56 Å². The first-order valence-corrected chi connectivity index (χ1v) is 4.83. The van der Waals surface area contributed by atoms with Crippen LogP contribution >= 0.6 is 0 Å². The Kier molecular flexibility index (Phi) is 3.03. The van der Waals surface area contributed by atoms with Gasteiger partial charge in [-0.3, -0.25) is 0 Å². The molecule has 2 aromatic rings. The van der Waals surface area contributed by atoms with Gasteiger partial charge < -0.3 is 5.73 Å². The molecule has 1 heterocycles. The van der Waals surface area contributed by atoms with Crippen molar-refractivity contribution < 1.29 is 4.39 Å². The van der Waals surface area contributed by atoms with Gasteiger partial charge in [0.05, 0.1) is 12.2 Å². The number of rotatable bonds is 1. The van der Waals surface area contributed by atoms with Crippen molar-refractivity contribution in [1.29, 1.82) is 0 Å². The van der Waals surface area contributed by atoms with Gasteiger partial charge >= 0.3 is 5.69 Å². The van der Waals surface area contributed by atoms with E-state index in [0.29, 0.717) is 5.56 Å². The zero-order valence-corrected chi connectivity index (χ0v) is 8.77. The van der Waals surface area contributed by atoms with E-state index in [1.54, 1.807) is 6.07 Å². The molecule has 6 heteroatoms. The summed E-state index contributed by atoms with van der Waals surface area (Å²) in [5.74, 6) is 4.78. The molecule has 0 saturated heterocycles. The van der Waals surface area contributed by atoms with Gasteiger partial charge in [0.25, 0.3) is 0 Å². The molecule has 1 aromatic carbocycles.